The maximum absolute atomic E-state index is 13.3. The highest BCUT2D eigenvalue weighted by molar-refractivity contribution is 5.91. The number of nitrogen functional groups attached to an aromatic ring is 1. The molecule has 100 valence electrons. The standard InChI is InChI=1S/C9H14F2N6O/c10-9(11)2-1-3-16(5-9)7-4-6(8(12)18)14-17(7)15-13/h4,15H,1-3,5,13H2,(H2,12,18). The summed E-state index contributed by atoms with van der Waals surface area (Å²) in [5.41, 5.74) is 7.26. The van der Waals surface area contributed by atoms with E-state index in [2.05, 4.69) is 10.6 Å². The van der Waals surface area contributed by atoms with E-state index in [-0.39, 0.29) is 12.1 Å². The van der Waals surface area contributed by atoms with Gasteiger partial charge in [0.2, 0.25) is 0 Å². The average Bonchev–Trinajstić information content (AvgIpc) is 2.71. The normalized spacial score (nSPS) is 18.7. The highest BCUT2D eigenvalue weighted by Crippen LogP contribution is 2.29. The molecule has 0 unspecified atom stereocenters. The van der Waals surface area contributed by atoms with Crippen molar-refractivity contribution in [2.75, 3.05) is 23.5 Å². The number of primary amides is 1. The number of nitrogens with two attached hydrogens (primary N) is 2. The van der Waals surface area contributed by atoms with Crippen molar-refractivity contribution >= 4 is 11.7 Å². The fourth-order valence-corrected chi connectivity index (χ4v) is 1.97. The van der Waals surface area contributed by atoms with E-state index in [1.54, 1.807) is 0 Å². The van der Waals surface area contributed by atoms with Crippen LogP contribution in [0.1, 0.15) is 23.3 Å². The third-order valence-corrected chi connectivity index (χ3v) is 2.78. The molecule has 2 rings (SSSR count). The Hall–Kier alpha value is -1.90. The van der Waals surface area contributed by atoms with Gasteiger partial charge in [0.15, 0.2) is 11.5 Å². The van der Waals surface area contributed by atoms with Crippen molar-refractivity contribution in [2.24, 2.45) is 11.6 Å². The van der Waals surface area contributed by atoms with Crippen LogP contribution in [-0.4, -0.2) is 34.8 Å². The van der Waals surface area contributed by atoms with Crippen molar-refractivity contribution in [3.63, 3.8) is 0 Å². The molecule has 0 aromatic carbocycles. The molecule has 7 nitrogen and oxygen atoms in total. The third kappa shape index (κ3) is 2.35. The van der Waals surface area contributed by atoms with Crippen LogP contribution in [0.4, 0.5) is 14.6 Å². The van der Waals surface area contributed by atoms with Gasteiger partial charge in [-0.15, -0.1) is 9.89 Å². The molecule has 1 saturated heterocycles. The number of halogens is 2. The van der Waals surface area contributed by atoms with Crippen molar-refractivity contribution in [1.82, 2.24) is 9.89 Å². The van der Waals surface area contributed by atoms with Gasteiger partial charge in [0, 0.05) is 19.0 Å². The molecule has 0 saturated carbocycles. The molecular formula is C9H14F2N6O. The summed E-state index contributed by atoms with van der Waals surface area (Å²) in [5, 5.41) is 3.77. The van der Waals surface area contributed by atoms with E-state index in [0.717, 1.165) is 4.79 Å². The average molecular weight is 260 g/mol. The summed E-state index contributed by atoms with van der Waals surface area (Å²) in [5.74, 6) is 2.02. The zero-order chi connectivity index (χ0) is 13.3. The zero-order valence-electron chi connectivity index (χ0n) is 9.57. The maximum atomic E-state index is 13.3. The molecule has 5 N–H and O–H groups in total. The molecular weight excluding hydrogens is 246 g/mol. The number of piperidine rings is 1. The molecule has 9 heteroatoms. The summed E-state index contributed by atoms with van der Waals surface area (Å²) < 4.78 is 26.7. The van der Waals surface area contributed by atoms with E-state index in [0.29, 0.717) is 18.8 Å². The molecule has 2 heterocycles. The number of amides is 1. The first-order chi connectivity index (χ1) is 8.43. The second kappa shape index (κ2) is 4.41. The Morgan fingerprint density at radius 2 is 2.28 bits per heavy atom. The highest BCUT2D eigenvalue weighted by atomic mass is 19.3. The Balaban J connectivity index is 2.29. The molecule has 1 aromatic heterocycles. The van der Waals surface area contributed by atoms with E-state index >= 15 is 0 Å². The van der Waals surface area contributed by atoms with Crippen LogP contribution < -0.4 is 22.0 Å². The molecule has 1 fully saturated rings. The third-order valence-electron chi connectivity index (χ3n) is 2.78. The van der Waals surface area contributed by atoms with Gasteiger partial charge in [-0.25, -0.2) is 20.2 Å². The number of hydrogen-bond donors (Lipinski definition) is 3. The second-order valence-corrected chi connectivity index (χ2v) is 4.17. The van der Waals surface area contributed by atoms with Crippen LogP contribution in [0.15, 0.2) is 6.07 Å². The smallest absolute Gasteiger partial charge is 0.269 e. The van der Waals surface area contributed by atoms with E-state index in [9.17, 15) is 13.6 Å². The molecule has 1 amide bonds. The van der Waals surface area contributed by atoms with Gasteiger partial charge >= 0.3 is 0 Å². The van der Waals surface area contributed by atoms with Crippen molar-refractivity contribution in [1.29, 1.82) is 0 Å². The lowest BCUT2D eigenvalue weighted by Crippen LogP contribution is -2.44. The minimum atomic E-state index is -2.76. The van der Waals surface area contributed by atoms with Crippen LogP contribution in [0.3, 0.4) is 0 Å². The number of carbonyl (C=O) groups is 1. The highest BCUT2D eigenvalue weighted by Gasteiger charge is 2.36. The fraction of sp³-hybridized carbons (Fsp3) is 0.556. The van der Waals surface area contributed by atoms with Gasteiger partial charge in [0.25, 0.3) is 11.8 Å². The van der Waals surface area contributed by atoms with Gasteiger partial charge in [-0.05, 0) is 6.42 Å². The van der Waals surface area contributed by atoms with E-state index in [1.807, 2.05) is 0 Å². The predicted octanol–water partition coefficient (Wildman–Crippen LogP) is -0.365. The first kappa shape index (κ1) is 12.6. The summed E-state index contributed by atoms with van der Waals surface area (Å²) in [6, 6.07) is 1.34. The minimum Gasteiger partial charge on any atom is -0.364 e. The number of anilines is 1. The van der Waals surface area contributed by atoms with E-state index in [1.165, 1.54) is 11.0 Å². The van der Waals surface area contributed by atoms with Gasteiger partial charge < -0.3 is 10.6 Å². The molecule has 0 radical (unpaired) electrons. The quantitative estimate of drug-likeness (QED) is 0.508. The zero-order valence-corrected chi connectivity index (χ0v) is 9.57. The van der Waals surface area contributed by atoms with Crippen molar-refractivity contribution < 1.29 is 13.6 Å². The summed E-state index contributed by atoms with van der Waals surface area (Å²) in [6.07, 6.45) is 0.213. The van der Waals surface area contributed by atoms with E-state index in [4.69, 9.17) is 11.6 Å². The monoisotopic (exact) mass is 260 g/mol. The van der Waals surface area contributed by atoms with Crippen LogP contribution in [0.5, 0.6) is 0 Å². The molecule has 1 aliphatic rings. The first-order valence-corrected chi connectivity index (χ1v) is 5.42. The SMILES string of the molecule is NNn1nc(C(N)=O)cc1N1CCCC(F)(F)C1. The number of hydrazine groups is 1. The molecule has 1 aliphatic heterocycles. The first-order valence-electron chi connectivity index (χ1n) is 5.42. The topological polar surface area (TPSA) is 102 Å². The Morgan fingerprint density at radius 3 is 2.83 bits per heavy atom. The lowest BCUT2D eigenvalue weighted by Gasteiger charge is -2.33. The largest absolute Gasteiger partial charge is 0.364 e. The number of carbonyl (C=O) groups excluding carboxylic acids is 1. The molecule has 0 atom stereocenters. The number of nitrogens with zero attached hydrogens (tertiary/aromatic N) is 3. The summed E-state index contributed by atoms with van der Waals surface area (Å²) in [4.78, 5) is 13.5. The van der Waals surface area contributed by atoms with Crippen LogP contribution in [0.2, 0.25) is 0 Å². The Bertz CT molecular complexity index is 460. The van der Waals surface area contributed by atoms with Crippen molar-refractivity contribution in [3.8, 4) is 0 Å². The maximum Gasteiger partial charge on any atom is 0.269 e. The van der Waals surface area contributed by atoms with Gasteiger partial charge in [-0.2, -0.15) is 0 Å². The lowest BCUT2D eigenvalue weighted by atomic mass is 10.1. The van der Waals surface area contributed by atoms with Gasteiger partial charge in [-0.3, -0.25) is 4.79 Å². The minimum absolute atomic E-state index is 0.0307. The molecule has 0 aliphatic carbocycles. The van der Waals surface area contributed by atoms with E-state index < -0.39 is 18.4 Å². The predicted molar refractivity (Wildman–Crippen MR) is 60.7 cm³/mol. The van der Waals surface area contributed by atoms with Crippen LogP contribution in [-0.2, 0) is 0 Å². The Labute approximate surface area is 102 Å². The Morgan fingerprint density at radius 1 is 1.56 bits per heavy atom. The van der Waals surface area contributed by atoms with Crippen molar-refractivity contribution in [3.05, 3.63) is 11.8 Å². The lowest BCUT2D eigenvalue weighted by molar-refractivity contribution is -0.0120. The molecule has 1 aromatic rings. The fourth-order valence-electron chi connectivity index (χ4n) is 1.97. The summed E-state index contributed by atoms with van der Waals surface area (Å²) >= 11 is 0. The molecule has 0 spiro atoms. The Kier molecular flexibility index (Phi) is 3.07. The summed E-state index contributed by atoms with van der Waals surface area (Å²) in [6.45, 7) is 0.0136. The summed E-state index contributed by atoms with van der Waals surface area (Å²) in [7, 11) is 0. The van der Waals surface area contributed by atoms with Crippen molar-refractivity contribution in [2.45, 2.75) is 18.8 Å². The molecule has 0 bridgehead atoms. The number of alkyl halides is 2. The number of rotatable bonds is 3. The van der Waals surface area contributed by atoms with Gasteiger partial charge in [0.1, 0.15) is 0 Å². The second-order valence-electron chi connectivity index (χ2n) is 4.17. The van der Waals surface area contributed by atoms with Crippen LogP contribution >= 0.6 is 0 Å². The van der Waals surface area contributed by atoms with Gasteiger partial charge in [0.05, 0.1) is 6.54 Å². The number of nitrogens with one attached hydrogen (secondary N) is 1. The molecule has 18 heavy (non-hydrogen) atoms. The number of hydrogen-bond acceptors (Lipinski definition) is 5. The van der Waals surface area contributed by atoms with Crippen LogP contribution in [0.25, 0.3) is 0 Å². The van der Waals surface area contributed by atoms with Crippen LogP contribution in [0, 0.1) is 0 Å². The van der Waals surface area contributed by atoms with Gasteiger partial charge in [-0.1, -0.05) is 0 Å². The number of aromatic nitrogens is 2.